The summed E-state index contributed by atoms with van der Waals surface area (Å²) in [6, 6.07) is 4.07. The van der Waals surface area contributed by atoms with Crippen molar-refractivity contribution in [2.45, 2.75) is 67.0 Å². The number of aliphatic carboxylic acids is 1. The SMILES string of the molecule is COc1ccc(C2NN3C(=O)N(C(=O)NC4C=CCC(CC(=O)N[C@@H]5C(=O)N6[C@@H]5SC(C)(C)[C@@H]6C(=O)O)=C4)CC23)cc1. The van der Waals surface area contributed by atoms with E-state index in [4.69, 9.17) is 4.74 Å². The van der Waals surface area contributed by atoms with Crippen LogP contribution in [0.2, 0.25) is 0 Å². The summed E-state index contributed by atoms with van der Waals surface area (Å²) >= 11 is 1.37. The minimum absolute atomic E-state index is 0.0234. The summed E-state index contributed by atoms with van der Waals surface area (Å²) in [5.41, 5.74) is 4.85. The molecule has 4 heterocycles. The molecule has 4 aliphatic heterocycles. The average molecular weight is 597 g/mol. The highest BCUT2D eigenvalue weighted by atomic mass is 32.2. The number of fused-ring (bicyclic) bond motifs is 2. The number of imide groups is 1. The van der Waals surface area contributed by atoms with E-state index < -0.39 is 52.2 Å². The fourth-order valence-electron chi connectivity index (χ4n) is 6.22. The Balaban J connectivity index is 1.02. The van der Waals surface area contributed by atoms with Crippen LogP contribution in [-0.2, 0) is 14.4 Å². The number of ether oxygens (including phenoxy) is 1. The van der Waals surface area contributed by atoms with Gasteiger partial charge >= 0.3 is 18.0 Å². The Hall–Kier alpha value is -4.04. The molecule has 14 heteroatoms. The molecule has 0 spiro atoms. The predicted octanol–water partition coefficient (Wildman–Crippen LogP) is 1.35. The van der Waals surface area contributed by atoms with Crippen LogP contribution in [0.5, 0.6) is 5.75 Å². The predicted molar refractivity (Wildman–Crippen MR) is 151 cm³/mol. The molecule has 0 saturated carbocycles. The van der Waals surface area contributed by atoms with Crippen LogP contribution in [0.3, 0.4) is 0 Å². The third-order valence-electron chi connectivity index (χ3n) is 8.33. The smallest absolute Gasteiger partial charge is 0.342 e. The maximum Gasteiger partial charge on any atom is 0.342 e. The number of rotatable bonds is 7. The topological polar surface area (TPSA) is 161 Å². The number of nitrogens with one attached hydrogen (secondary N) is 3. The zero-order valence-electron chi connectivity index (χ0n) is 23.3. The van der Waals surface area contributed by atoms with Crippen LogP contribution in [0.1, 0.15) is 38.3 Å². The minimum Gasteiger partial charge on any atom is -0.497 e. The molecule has 13 nitrogen and oxygen atoms in total. The molecule has 1 aliphatic carbocycles. The molecule has 1 aromatic rings. The number of hydrogen-bond acceptors (Lipinski definition) is 8. The summed E-state index contributed by atoms with van der Waals surface area (Å²) in [6.07, 6.45) is 5.94. The Morgan fingerprint density at radius 2 is 1.90 bits per heavy atom. The maximum absolute atomic E-state index is 13.1. The maximum atomic E-state index is 13.1. The highest BCUT2D eigenvalue weighted by Gasteiger charge is 2.64. The Labute approximate surface area is 246 Å². The van der Waals surface area contributed by atoms with Crippen molar-refractivity contribution in [2.75, 3.05) is 13.7 Å². The molecular weight excluding hydrogens is 564 g/mol. The van der Waals surface area contributed by atoms with Crippen molar-refractivity contribution < 1.29 is 33.8 Å². The second kappa shape index (κ2) is 10.3. The van der Waals surface area contributed by atoms with Gasteiger partial charge in [-0.25, -0.2) is 24.7 Å². The van der Waals surface area contributed by atoms with Gasteiger partial charge in [0.25, 0.3) is 0 Å². The first-order chi connectivity index (χ1) is 20.0. The molecule has 0 aromatic heterocycles. The fourth-order valence-corrected chi connectivity index (χ4v) is 7.84. The first-order valence-corrected chi connectivity index (χ1v) is 14.6. The standard InChI is InChI=1S/C28H32N6O7S/c1-28(2)22(25(37)38)33-23(36)21(24(33)42-28)30-19(35)12-14-5-4-6-16(11-14)29-26(39)32-13-18-20(31-34(18)27(32)40)15-7-9-17(41-3)10-8-15/h4,6-11,16,18,20-22,24,31H,5,12-13H2,1-3H3,(H,29,39)(H,30,35)(H,37,38)/t16?,18?,20?,21-,22+,24-/m1/s1. The van der Waals surface area contributed by atoms with Gasteiger partial charge in [-0.15, -0.1) is 11.8 Å². The monoisotopic (exact) mass is 596 g/mol. The Morgan fingerprint density at radius 1 is 1.17 bits per heavy atom. The van der Waals surface area contributed by atoms with Gasteiger partial charge in [-0.2, -0.15) is 0 Å². The van der Waals surface area contributed by atoms with Gasteiger partial charge in [0.2, 0.25) is 11.8 Å². The first-order valence-electron chi connectivity index (χ1n) is 13.7. The van der Waals surface area contributed by atoms with E-state index in [1.54, 1.807) is 33.1 Å². The number of benzene rings is 1. The van der Waals surface area contributed by atoms with E-state index in [-0.39, 0.29) is 31.0 Å². The van der Waals surface area contributed by atoms with E-state index in [1.807, 2.05) is 30.3 Å². The largest absolute Gasteiger partial charge is 0.497 e. The summed E-state index contributed by atoms with van der Waals surface area (Å²) in [4.78, 5) is 65.6. The lowest BCUT2D eigenvalue weighted by Crippen LogP contribution is -2.70. The molecular formula is C28H32N6O7S. The summed E-state index contributed by atoms with van der Waals surface area (Å²) in [5, 5.41) is 16.2. The van der Waals surface area contributed by atoms with Crippen LogP contribution >= 0.6 is 11.8 Å². The molecule has 0 radical (unpaired) electrons. The van der Waals surface area contributed by atoms with Crippen molar-refractivity contribution in [2.24, 2.45) is 0 Å². The molecule has 4 N–H and O–H groups in total. The number of carbonyl (C=O) groups is 5. The van der Waals surface area contributed by atoms with Gasteiger partial charge in [0, 0.05) is 11.2 Å². The van der Waals surface area contributed by atoms with Gasteiger partial charge < -0.3 is 25.4 Å². The zero-order valence-corrected chi connectivity index (χ0v) is 24.1. The summed E-state index contributed by atoms with van der Waals surface area (Å²) in [5.74, 6) is -1.08. The molecule has 3 unspecified atom stereocenters. The van der Waals surface area contributed by atoms with Gasteiger partial charge in [-0.1, -0.05) is 35.9 Å². The lowest BCUT2D eigenvalue weighted by Gasteiger charge is -2.43. The highest BCUT2D eigenvalue weighted by Crippen LogP contribution is 2.50. The van der Waals surface area contributed by atoms with Crippen LogP contribution in [0, 0.1) is 0 Å². The molecule has 4 saturated heterocycles. The quantitative estimate of drug-likeness (QED) is 0.269. The van der Waals surface area contributed by atoms with Gasteiger partial charge in [0.05, 0.1) is 31.8 Å². The molecule has 5 aliphatic rings. The molecule has 1 aromatic carbocycles. The van der Waals surface area contributed by atoms with Crippen LogP contribution in [0.15, 0.2) is 48.1 Å². The number of hydrazine groups is 1. The number of thioether (sulfide) groups is 1. The number of β-lactam (4-membered cyclic amide) rings is 1. The lowest BCUT2D eigenvalue weighted by molar-refractivity contribution is -0.161. The van der Waals surface area contributed by atoms with Gasteiger partial charge in [0.15, 0.2) is 0 Å². The third-order valence-corrected chi connectivity index (χ3v) is 9.90. The van der Waals surface area contributed by atoms with Crippen molar-refractivity contribution in [1.82, 2.24) is 30.9 Å². The molecule has 0 bridgehead atoms. The van der Waals surface area contributed by atoms with E-state index in [0.29, 0.717) is 6.42 Å². The molecule has 222 valence electrons. The number of carboxylic acids is 1. The van der Waals surface area contributed by atoms with Crippen LogP contribution in [-0.4, -0.2) is 97.7 Å². The average Bonchev–Trinajstić information content (AvgIpc) is 3.34. The number of urea groups is 2. The van der Waals surface area contributed by atoms with Gasteiger partial charge in [0.1, 0.15) is 23.2 Å². The second-order valence-electron chi connectivity index (χ2n) is 11.5. The molecule has 6 rings (SSSR count). The summed E-state index contributed by atoms with van der Waals surface area (Å²) < 4.78 is 4.53. The van der Waals surface area contributed by atoms with Crippen molar-refractivity contribution in [1.29, 1.82) is 0 Å². The van der Waals surface area contributed by atoms with Crippen LogP contribution in [0.4, 0.5) is 9.59 Å². The molecule has 6 amide bonds. The molecule has 4 fully saturated rings. The number of nitrogens with zero attached hydrogens (tertiary/aromatic N) is 3. The van der Waals surface area contributed by atoms with Crippen molar-refractivity contribution in [3.05, 3.63) is 53.6 Å². The number of carboxylic acid groups (broad SMARTS) is 1. The normalized spacial score (nSPS) is 30.5. The van der Waals surface area contributed by atoms with Crippen molar-refractivity contribution >= 4 is 41.6 Å². The highest BCUT2D eigenvalue weighted by molar-refractivity contribution is 8.01. The lowest BCUT2D eigenvalue weighted by atomic mass is 9.95. The second-order valence-corrected chi connectivity index (χ2v) is 13.2. The summed E-state index contributed by atoms with van der Waals surface area (Å²) in [6.45, 7) is 3.79. The van der Waals surface area contributed by atoms with Crippen LogP contribution in [0.25, 0.3) is 0 Å². The Kier molecular flexibility index (Phi) is 6.92. The number of carbonyl (C=O) groups excluding carboxylic acids is 4. The summed E-state index contributed by atoms with van der Waals surface area (Å²) in [7, 11) is 1.60. The molecule has 6 atom stereocenters. The van der Waals surface area contributed by atoms with E-state index >= 15 is 0 Å². The Bertz CT molecular complexity index is 1410. The first kappa shape index (κ1) is 28.1. The molecule has 42 heavy (non-hydrogen) atoms. The number of hydrogen-bond donors (Lipinski definition) is 4. The number of amides is 6. The Morgan fingerprint density at radius 3 is 2.60 bits per heavy atom. The minimum atomic E-state index is -1.06. The van der Waals surface area contributed by atoms with E-state index in [2.05, 4.69) is 16.1 Å². The third kappa shape index (κ3) is 4.67. The van der Waals surface area contributed by atoms with E-state index in [9.17, 15) is 29.1 Å². The van der Waals surface area contributed by atoms with Crippen molar-refractivity contribution in [3.8, 4) is 5.75 Å². The van der Waals surface area contributed by atoms with Gasteiger partial charge in [-0.05, 0) is 38.0 Å². The van der Waals surface area contributed by atoms with Gasteiger partial charge in [-0.3, -0.25) is 14.6 Å². The number of methoxy groups -OCH3 is 1. The number of allylic oxidation sites excluding steroid dienone is 1. The van der Waals surface area contributed by atoms with E-state index in [1.165, 1.54) is 26.6 Å². The zero-order chi connectivity index (χ0) is 29.9. The van der Waals surface area contributed by atoms with E-state index in [0.717, 1.165) is 16.9 Å². The van der Waals surface area contributed by atoms with Crippen molar-refractivity contribution in [3.63, 3.8) is 0 Å². The fraction of sp³-hybridized carbons (Fsp3) is 0.464. The van der Waals surface area contributed by atoms with Crippen LogP contribution < -0.4 is 20.8 Å².